The molecule has 1 unspecified atom stereocenters. The first-order chi connectivity index (χ1) is 10.2. The van der Waals surface area contributed by atoms with E-state index < -0.39 is 17.5 Å². The van der Waals surface area contributed by atoms with Gasteiger partial charge < -0.3 is 20.1 Å². The topological polar surface area (TPSA) is 42.5 Å². The maximum Gasteiger partial charge on any atom is 0.416 e. The Kier molecular flexibility index (Phi) is 4.93. The molecule has 8 heteroatoms. The quantitative estimate of drug-likeness (QED) is 0.832. The predicted octanol–water partition coefficient (Wildman–Crippen LogP) is 3.14. The van der Waals surface area contributed by atoms with Crippen LogP contribution in [0.1, 0.15) is 19.4 Å². The van der Waals surface area contributed by atoms with Crippen LogP contribution in [0.5, 0.6) is 0 Å². The summed E-state index contributed by atoms with van der Waals surface area (Å²) < 4.78 is 48.9. The molecular formula is C14H17F3N2O2S. The number of thiocarbonyl (C=S) groups is 1. The fraction of sp³-hybridized carbons (Fsp3) is 0.500. The largest absolute Gasteiger partial charge is 0.416 e. The Morgan fingerprint density at radius 3 is 2.73 bits per heavy atom. The van der Waals surface area contributed by atoms with E-state index in [0.717, 1.165) is 12.1 Å². The molecule has 0 bridgehead atoms. The number of alkyl halides is 3. The van der Waals surface area contributed by atoms with Crippen LogP contribution in [0.15, 0.2) is 24.3 Å². The van der Waals surface area contributed by atoms with Crippen molar-refractivity contribution in [3.8, 4) is 0 Å². The van der Waals surface area contributed by atoms with Crippen LogP contribution in [0.2, 0.25) is 0 Å². The zero-order chi connectivity index (χ0) is 16.4. The van der Waals surface area contributed by atoms with Crippen LogP contribution in [0.4, 0.5) is 18.9 Å². The van der Waals surface area contributed by atoms with Crippen molar-refractivity contribution in [3.05, 3.63) is 29.8 Å². The molecule has 2 rings (SSSR count). The molecule has 0 spiro atoms. The van der Waals surface area contributed by atoms with Crippen molar-refractivity contribution in [2.45, 2.75) is 31.9 Å². The van der Waals surface area contributed by atoms with E-state index in [4.69, 9.17) is 21.7 Å². The molecule has 1 heterocycles. The molecule has 0 amide bonds. The molecule has 0 saturated carbocycles. The number of hydrogen-bond donors (Lipinski definition) is 2. The van der Waals surface area contributed by atoms with E-state index in [9.17, 15) is 13.2 Å². The highest BCUT2D eigenvalue weighted by molar-refractivity contribution is 7.80. The molecule has 2 N–H and O–H groups in total. The van der Waals surface area contributed by atoms with Gasteiger partial charge in [-0.2, -0.15) is 13.2 Å². The Balaban J connectivity index is 1.85. The Morgan fingerprint density at radius 2 is 2.14 bits per heavy atom. The monoisotopic (exact) mass is 334 g/mol. The van der Waals surface area contributed by atoms with E-state index >= 15 is 0 Å². The minimum absolute atomic E-state index is 0.156. The summed E-state index contributed by atoms with van der Waals surface area (Å²) >= 11 is 5.06. The van der Waals surface area contributed by atoms with Gasteiger partial charge in [-0.1, -0.05) is 6.07 Å². The minimum Gasteiger partial charge on any atom is -0.360 e. The van der Waals surface area contributed by atoms with Gasteiger partial charge in [-0.3, -0.25) is 0 Å². The van der Waals surface area contributed by atoms with Crippen LogP contribution >= 0.6 is 12.2 Å². The fourth-order valence-electron chi connectivity index (χ4n) is 2.02. The minimum atomic E-state index is -4.38. The number of nitrogens with one attached hydrogen (secondary N) is 2. The van der Waals surface area contributed by atoms with Crippen LogP contribution in [0.3, 0.4) is 0 Å². The van der Waals surface area contributed by atoms with Crippen molar-refractivity contribution in [1.29, 1.82) is 0 Å². The van der Waals surface area contributed by atoms with E-state index in [2.05, 4.69) is 10.6 Å². The lowest BCUT2D eigenvalue weighted by Crippen LogP contribution is -2.36. The highest BCUT2D eigenvalue weighted by atomic mass is 32.1. The summed E-state index contributed by atoms with van der Waals surface area (Å²) in [6.07, 6.45) is -4.54. The molecule has 1 aromatic carbocycles. The van der Waals surface area contributed by atoms with Gasteiger partial charge in [0.15, 0.2) is 10.9 Å². The van der Waals surface area contributed by atoms with Crippen LogP contribution in [-0.4, -0.2) is 30.2 Å². The lowest BCUT2D eigenvalue weighted by atomic mass is 10.2. The Morgan fingerprint density at radius 1 is 1.41 bits per heavy atom. The van der Waals surface area contributed by atoms with Crippen molar-refractivity contribution in [2.75, 3.05) is 18.5 Å². The lowest BCUT2D eigenvalue weighted by Gasteiger charge is -2.18. The van der Waals surface area contributed by atoms with E-state index in [-0.39, 0.29) is 16.9 Å². The summed E-state index contributed by atoms with van der Waals surface area (Å²) in [5.41, 5.74) is -0.453. The van der Waals surface area contributed by atoms with Crippen molar-refractivity contribution in [2.24, 2.45) is 0 Å². The highest BCUT2D eigenvalue weighted by Gasteiger charge is 2.32. The van der Waals surface area contributed by atoms with E-state index in [1.165, 1.54) is 12.1 Å². The molecule has 1 aliphatic heterocycles. The van der Waals surface area contributed by atoms with E-state index in [0.29, 0.717) is 13.2 Å². The second kappa shape index (κ2) is 6.39. The zero-order valence-corrected chi connectivity index (χ0v) is 13.0. The summed E-state index contributed by atoms with van der Waals surface area (Å²) in [6, 6.07) is 4.85. The standard InChI is InChI=1S/C14H17F3N2O2S/c1-13(2)20-8-11(21-13)7-18-12(22)19-10-5-3-4-9(6-10)14(15,16)17/h3-6,11H,7-8H2,1-2H3,(H2,18,19,22). The average molecular weight is 334 g/mol. The molecular weight excluding hydrogens is 317 g/mol. The van der Waals surface area contributed by atoms with Gasteiger partial charge in [0.1, 0.15) is 6.10 Å². The second-order valence-electron chi connectivity index (χ2n) is 5.36. The molecule has 1 aliphatic rings. The summed E-state index contributed by atoms with van der Waals surface area (Å²) in [6.45, 7) is 4.47. The second-order valence-corrected chi connectivity index (χ2v) is 5.77. The van der Waals surface area contributed by atoms with Gasteiger partial charge in [0.2, 0.25) is 0 Å². The summed E-state index contributed by atoms with van der Waals surface area (Å²) in [5, 5.41) is 5.86. The summed E-state index contributed by atoms with van der Waals surface area (Å²) in [7, 11) is 0. The van der Waals surface area contributed by atoms with Gasteiger partial charge in [0, 0.05) is 12.2 Å². The van der Waals surface area contributed by atoms with Crippen LogP contribution in [-0.2, 0) is 15.7 Å². The number of rotatable bonds is 3. The van der Waals surface area contributed by atoms with Gasteiger partial charge in [0.25, 0.3) is 0 Å². The Bertz CT molecular complexity index is 549. The molecule has 1 aromatic rings. The third kappa shape index (κ3) is 4.82. The van der Waals surface area contributed by atoms with Gasteiger partial charge in [-0.25, -0.2) is 0 Å². The average Bonchev–Trinajstić information content (AvgIpc) is 2.75. The lowest BCUT2D eigenvalue weighted by molar-refractivity contribution is -0.138. The van der Waals surface area contributed by atoms with Crippen LogP contribution in [0, 0.1) is 0 Å². The molecule has 4 nitrogen and oxygen atoms in total. The van der Waals surface area contributed by atoms with Gasteiger partial charge in [0.05, 0.1) is 12.2 Å². The summed E-state index contributed by atoms with van der Waals surface area (Å²) in [5.74, 6) is -0.623. The summed E-state index contributed by atoms with van der Waals surface area (Å²) in [4.78, 5) is 0. The first-order valence-electron chi connectivity index (χ1n) is 6.70. The molecule has 0 aromatic heterocycles. The molecule has 1 atom stereocenters. The van der Waals surface area contributed by atoms with Crippen molar-refractivity contribution < 1.29 is 22.6 Å². The van der Waals surface area contributed by atoms with E-state index in [1.807, 2.05) is 13.8 Å². The van der Waals surface area contributed by atoms with Gasteiger partial charge >= 0.3 is 6.18 Å². The van der Waals surface area contributed by atoms with Crippen molar-refractivity contribution in [3.63, 3.8) is 0 Å². The van der Waals surface area contributed by atoms with Gasteiger partial charge in [-0.15, -0.1) is 0 Å². The Labute approximate surface area is 132 Å². The first-order valence-corrected chi connectivity index (χ1v) is 7.10. The maximum atomic E-state index is 12.6. The Hall–Kier alpha value is -1.38. The van der Waals surface area contributed by atoms with Gasteiger partial charge in [-0.05, 0) is 44.3 Å². The van der Waals surface area contributed by atoms with Crippen LogP contribution < -0.4 is 10.6 Å². The molecule has 0 radical (unpaired) electrons. The third-order valence-corrected chi connectivity index (χ3v) is 3.25. The smallest absolute Gasteiger partial charge is 0.360 e. The number of hydrogen-bond acceptors (Lipinski definition) is 3. The molecule has 22 heavy (non-hydrogen) atoms. The number of ether oxygens (including phenoxy) is 2. The molecule has 1 saturated heterocycles. The molecule has 0 aliphatic carbocycles. The fourth-order valence-corrected chi connectivity index (χ4v) is 2.22. The zero-order valence-electron chi connectivity index (χ0n) is 12.2. The van der Waals surface area contributed by atoms with Crippen LogP contribution in [0.25, 0.3) is 0 Å². The predicted molar refractivity (Wildman–Crippen MR) is 80.6 cm³/mol. The highest BCUT2D eigenvalue weighted by Crippen LogP contribution is 2.30. The normalized spacial score (nSPS) is 20.7. The third-order valence-electron chi connectivity index (χ3n) is 3.01. The molecule has 1 fully saturated rings. The number of halogens is 3. The SMILES string of the molecule is CC1(C)OCC(CNC(=S)Nc2cccc(C(F)(F)F)c2)O1. The number of benzene rings is 1. The van der Waals surface area contributed by atoms with E-state index in [1.54, 1.807) is 0 Å². The molecule has 122 valence electrons. The van der Waals surface area contributed by atoms with Crippen molar-refractivity contribution in [1.82, 2.24) is 5.32 Å². The van der Waals surface area contributed by atoms with Crippen molar-refractivity contribution >= 4 is 23.0 Å². The first kappa shape index (κ1) is 17.0. The maximum absolute atomic E-state index is 12.6. The number of anilines is 1.